The van der Waals surface area contributed by atoms with Gasteiger partial charge >= 0.3 is 0 Å². The third-order valence-corrected chi connectivity index (χ3v) is 8.96. The van der Waals surface area contributed by atoms with Gasteiger partial charge in [0.25, 0.3) is 10.0 Å². The lowest BCUT2D eigenvalue weighted by atomic mass is 9.94. The van der Waals surface area contributed by atoms with Crippen molar-refractivity contribution in [2.75, 3.05) is 31.1 Å². The molecule has 31 heavy (non-hydrogen) atoms. The van der Waals surface area contributed by atoms with E-state index in [9.17, 15) is 17.4 Å². The Labute approximate surface area is 187 Å². The van der Waals surface area contributed by atoms with Crippen LogP contribution in [0.25, 0.3) is 0 Å². The van der Waals surface area contributed by atoms with Gasteiger partial charge in [-0.1, -0.05) is 38.3 Å². The van der Waals surface area contributed by atoms with Gasteiger partial charge in [-0.25, -0.2) is 12.7 Å². The zero-order chi connectivity index (χ0) is 22.4. The van der Waals surface area contributed by atoms with Crippen molar-refractivity contribution >= 4 is 32.7 Å². The number of carbonyl (C=O) groups is 1. The van der Waals surface area contributed by atoms with Crippen LogP contribution in [0.1, 0.15) is 44.6 Å². The lowest BCUT2D eigenvalue weighted by molar-refractivity contribution is -0.118. The highest BCUT2D eigenvalue weighted by Gasteiger charge is 2.38. The van der Waals surface area contributed by atoms with E-state index in [2.05, 4.69) is 5.32 Å². The maximum Gasteiger partial charge on any atom is 0.266 e. The second kappa shape index (κ2) is 10.6. The Morgan fingerprint density at radius 3 is 2.48 bits per heavy atom. The number of nitrogens with zero attached hydrogens (tertiary/aromatic N) is 2. The van der Waals surface area contributed by atoms with Gasteiger partial charge < -0.3 is 10.2 Å². The predicted octanol–water partition coefficient (Wildman–Crippen LogP) is 1.69. The van der Waals surface area contributed by atoms with Crippen molar-refractivity contribution in [2.24, 2.45) is 0 Å². The van der Waals surface area contributed by atoms with Crippen LogP contribution in [-0.4, -0.2) is 70.9 Å². The SMILES string of the molecule is CCS(=O)CC(=O)NCCc1ccc(S(=O)(=O)N2CCN(C3CCCCC3)C2=N)cc1. The maximum absolute atomic E-state index is 13.1. The molecule has 1 heterocycles. The summed E-state index contributed by atoms with van der Waals surface area (Å²) in [4.78, 5) is 13.8. The minimum absolute atomic E-state index is 0.00729. The Hall–Kier alpha value is -1.94. The van der Waals surface area contributed by atoms with E-state index in [1.807, 2.05) is 4.90 Å². The third kappa shape index (κ3) is 5.85. The van der Waals surface area contributed by atoms with E-state index in [-0.39, 0.29) is 28.6 Å². The molecule has 2 aliphatic rings. The second-order valence-electron chi connectivity index (χ2n) is 8.00. The van der Waals surface area contributed by atoms with E-state index in [0.29, 0.717) is 31.8 Å². The highest BCUT2D eigenvalue weighted by atomic mass is 32.2. The molecule has 0 aromatic heterocycles. The summed E-state index contributed by atoms with van der Waals surface area (Å²) in [5.74, 6) is 0.307. The number of guanidine groups is 1. The molecule has 8 nitrogen and oxygen atoms in total. The van der Waals surface area contributed by atoms with Gasteiger partial charge in [0.15, 0.2) is 0 Å². The smallest absolute Gasteiger partial charge is 0.266 e. The van der Waals surface area contributed by atoms with E-state index in [1.54, 1.807) is 31.2 Å². The van der Waals surface area contributed by atoms with Gasteiger partial charge in [0.05, 0.1) is 11.4 Å². The maximum atomic E-state index is 13.1. The molecule has 1 atom stereocenters. The molecule has 172 valence electrons. The van der Waals surface area contributed by atoms with Crippen molar-refractivity contribution in [1.82, 2.24) is 14.5 Å². The summed E-state index contributed by atoms with van der Waals surface area (Å²) in [6, 6.07) is 6.88. The first kappa shape index (κ1) is 23.7. The fourth-order valence-electron chi connectivity index (χ4n) is 4.14. The largest absolute Gasteiger partial charge is 0.355 e. The number of hydrogen-bond acceptors (Lipinski definition) is 5. The van der Waals surface area contributed by atoms with E-state index in [4.69, 9.17) is 5.41 Å². The molecule has 2 fully saturated rings. The Morgan fingerprint density at radius 2 is 1.84 bits per heavy atom. The fraction of sp³-hybridized carbons (Fsp3) is 0.619. The van der Waals surface area contributed by atoms with Crippen molar-refractivity contribution < 1.29 is 17.4 Å². The summed E-state index contributed by atoms with van der Waals surface area (Å²) in [5, 5.41) is 11.2. The van der Waals surface area contributed by atoms with E-state index >= 15 is 0 Å². The van der Waals surface area contributed by atoms with Gasteiger partial charge in [-0.15, -0.1) is 0 Å². The van der Waals surface area contributed by atoms with E-state index in [1.165, 1.54) is 10.7 Å². The van der Waals surface area contributed by atoms with E-state index < -0.39 is 20.8 Å². The van der Waals surface area contributed by atoms with Crippen LogP contribution < -0.4 is 5.32 Å². The number of sulfonamides is 1. The minimum Gasteiger partial charge on any atom is -0.355 e. The number of nitrogens with one attached hydrogen (secondary N) is 2. The van der Waals surface area contributed by atoms with Gasteiger partial charge in [0, 0.05) is 35.7 Å². The molecule has 3 rings (SSSR count). The van der Waals surface area contributed by atoms with Gasteiger partial charge in [0.2, 0.25) is 11.9 Å². The number of benzene rings is 1. The molecule has 0 spiro atoms. The molecule has 1 saturated carbocycles. The monoisotopic (exact) mass is 468 g/mol. The minimum atomic E-state index is -3.76. The molecule has 1 aromatic carbocycles. The molecular formula is C21H32N4O4S2. The summed E-state index contributed by atoms with van der Waals surface area (Å²) in [5.41, 5.74) is 0.899. The van der Waals surface area contributed by atoms with Crippen LogP contribution in [0.5, 0.6) is 0 Å². The predicted molar refractivity (Wildman–Crippen MR) is 122 cm³/mol. The van der Waals surface area contributed by atoms with Crippen molar-refractivity contribution in [2.45, 2.75) is 56.4 Å². The number of rotatable bonds is 9. The van der Waals surface area contributed by atoms with Crippen molar-refractivity contribution in [3.8, 4) is 0 Å². The lowest BCUT2D eigenvalue weighted by Gasteiger charge is -2.32. The van der Waals surface area contributed by atoms with Crippen LogP contribution in [-0.2, 0) is 32.0 Å². The van der Waals surface area contributed by atoms with Crippen LogP contribution in [0.4, 0.5) is 0 Å². The Kier molecular flexibility index (Phi) is 8.10. The highest BCUT2D eigenvalue weighted by molar-refractivity contribution is 7.89. The number of amides is 1. The molecule has 1 saturated heterocycles. The molecule has 0 radical (unpaired) electrons. The van der Waals surface area contributed by atoms with Gasteiger partial charge in [-0.2, -0.15) is 0 Å². The van der Waals surface area contributed by atoms with Crippen LogP contribution in [0.15, 0.2) is 29.2 Å². The fourth-order valence-corrected chi connectivity index (χ4v) is 6.12. The summed E-state index contributed by atoms with van der Waals surface area (Å²) >= 11 is 0. The van der Waals surface area contributed by atoms with Gasteiger partial charge in [0.1, 0.15) is 5.75 Å². The Bertz CT molecular complexity index is 912. The molecule has 1 amide bonds. The molecule has 1 unspecified atom stereocenters. The van der Waals surface area contributed by atoms with Crippen LogP contribution in [0, 0.1) is 5.41 Å². The summed E-state index contributed by atoms with van der Waals surface area (Å²) < 4.78 is 38.8. The molecule has 2 N–H and O–H groups in total. The third-order valence-electron chi connectivity index (χ3n) is 5.93. The normalized spacial score (nSPS) is 18.9. The van der Waals surface area contributed by atoms with Crippen LogP contribution >= 0.6 is 0 Å². The quantitative estimate of drug-likeness (QED) is 0.573. The van der Waals surface area contributed by atoms with Crippen molar-refractivity contribution in [3.63, 3.8) is 0 Å². The molecule has 10 heteroatoms. The van der Waals surface area contributed by atoms with Crippen molar-refractivity contribution in [1.29, 1.82) is 5.41 Å². The first-order valence-corrected chi connectivity index (χ1v) is 13.8. The molecule has 1 aromatic rings. The first-order chi connectivity index (χ1) is 14.8. The number of carbonyl (C=O) groups excluding carboxylic acids is 1. The topological polar surface area (TPSA) is 111 Å². The summed E-state index contributed by atoms with van der Waals surface area (Å²) in [6.07, 6.45) is 6.10. The van der Waals surface area contributed by atoms with E-state index in [0.717, 1.165) is 31.2 Å². The second-order valence-corrected chi connectivity index (χ2v) is 11.6. The van der Waals surface area contributed by atoms with Gasteiger partial charge in [-0.05, 0) is 37.0 Å². The van der Waals surface area contributed by atoms with Crippen LogP contribution in [0.3, 0.4) is 0 Å². The standard InChI is InChI=1S/C21H32N4O4S2/c1-2-30(27)16-20(26)23-13-12-17-8-10-19(11-9-17)31(28,29)25-15-14-24(21(25)22)18-6-4-3-5-7-18/h8-11,18,22H,2-7,12-16H2,1H3,(H,23,26). The summed E-state index contributed by atoms with van der Waals surface area (Å²) in [6.45, 7) is 3.06. The molecule has 1 aliphatic heterocycles. The molecular weight excluding hydrogens is 436 g/mol. The molecule has 0 bridgehead atoms. The Balaban J connectivity index is 1.56. The lowest BCUT2D eigenvalue weighted by Crippen LogP contribution is -2.42. The van der Waals surface area contributed by atoms with Crippen molar-refractivity contribution in [3.05, 3.63) is 29.8 Å². The Morgan fingerprint density at radius 1 is 1.16 bits per heavy atom. The highest BCUT2D eigenvalue weighted by Crippen LogP contribution is 2.28. The average Bonchev–Trinajstić information content (AvgIpc) is 3.16. The first-order valence-electron chi connectivity index (χ1n) is 10.9. The molecule has 1 aliphatic carbocycles. The van der Waals surface area contributed by atoms with Gasteiger partial charge in [-0.3, -0.25) is 14.4 Å². The zero-order valence-electron chi connectivity index (χ0n) is 18.0. The number of hydrogen-bond donors (Lipinski definition) is 2. The van der Waals surface area contributed by atoms with Crippen LogP contribution in [0.2, 0.25) is 0 Å². The average molecular weight is 469 g/mol. The zero-order valence-corrected chi connectivity index (χ0v) is 19.6. The summed E-state index contributed by atoms with van der Waals surface area (Å²) in [7, 11) is -4.89.